The van der Waals surface area contributed by atoms with Crippen molar-refractivity contribution in [1.82, 2.24) is 0 Å². The van der Waals surface area contributed by atoms with Gasteiger partial charge in [-0.3, -0.25) is 0 Å². The molecule has 15 heavy (non-hydrogen) atoms. The lowest BCUT2D eigenvalue weighted by molar-refractivity contribution is 0.555. The smallest absolute Gasteiger partial charge is 0.0352 e. The van der Waals surface area contributed by atoms with Gasteiger partial charge in [-0.25, -0.2) is 0 Å². The van der Waals surface area contributed by atoms with Gasteiger partial charge in [0.15, 0.2) is 0 Å². The summed E-state index contributed by atoms with van der Waals surface area (Å²) in [5.41, 5.74) is 13.4. The third kappa shape index (κ3) is 1.95. The van der Waals surface area contributed by atoms with E-state index in [2.05, 4.69) is 18.2 Å². The summed E-state index contributed by atoms with van der Waals surface area (Å²) in [5.74, 6) is 0. The van der Waals surface area contributed by atoms with Gasteiger partial charge in [0, 0.05) is 11.2 Å². The van der Waals surface area contributed by atoms with Crippen molar-refractivity contribution in [2.45, 2.75) is 19.4 Å². The van der Waals surface area contributed by atoms with Gasteiger partial charge in [-0.05, 0) is 48.4 Å². The first-order valence-corrected chi connectivity index (χ1v) is 5.05. The van der Waals surface area contributed by atoms with Crippen LogP contribution < -0.4 is 11.5 Å². The zero-order valence-electron chi connectivity index (χ0n) is 9.12. The highest BCUT2D eigenvalue weighted by Crippen LogP contribution is 2.23. The molecule has 0 amide bonds. The number of hydrogen-bond donors (Lipinski definition) is 2. The minimum absolute atomic E-state index is 0.296. The fraction of sp³-hybridized carbons (Fsp3) is 0.231. The van der Waals surface area contributed by atoms with Crippen molar-refractivity contribution in [3.63, 3.8) is 0 Å². The lowest BCUT2D eigenvalue weighted by Crippen LogP contribution is -2.28. The van der Waals surface area contributed by atoms with Crippen LogP contribution in [0.5, 0.6) is 0 Å². The van der Waals surface area contributed by atoms with Crippen LogP contribution in [-0.4, -0.2) is 0 Å². The standard InChI is InChI=1S/C13H16N2/c1-13(2,15)11-5-3-10-8-12(14)6-4-9(10)7-11/h3-8H,14-15H2,1-2H3. The van der Waals surface area contributed by atoms with Crippen molar-refractivity contribution >= 4 is 16.5 Å². The fourth-order valence-electron chi connectivity index (χ4n) is 1.67. The van der Waals surface area contributed by atoms with Gasteiger partial charge in [0.2, 0.25) is 0 Å². The molecular formula is C13H16N2. The summed E-state index contributed by atoms with van der Waals surface area (Å²) in [4.78, 5) is 0. The monoisotopic (exact) mass is 200 g/mol. The third-order valence-electron chi connectivity index (χ3n) is 2.61. The van der Waals surface area contributed by atoms with E-state index in [1.165, 1.54) is 5.39 Å². The highest BCUT2D eigenvalue weighted by Gasteiger charge is 2.13. The molecule has 0 fully saturated rings. The first-order chi connectivity index (χ1) is 6.97. The molecule has 0 aliphatic heterocycles. The fourth-order valence-corrected chi connectivity index (χ4v) is 1.67. The van der Waals surface area contributed by atoms with Gasteiger partial charge in [0.25, 0.3) is 0 Å². The van der Waals surface area contributed by atoms with E-state index < -0.39 is 0 Å². The quantitative estimate of drug-likeness (QED) is 0.695. The number of benzene rings is 2. The molecule has 0 saturated heterocycles. The summed E-state index contributed by atoms with van der Waals surface area (Å²) in [6.07, 6.45) is 0. The number of fused-ring (bicyclic) bond motifs is 1. The molecule has 0 aromatic heterocycles. The molecule has 0 radical (unpaired) electrons. The Morgan fingerprint density at radius 1 is 0.933 bits per heavy atom. The number of nitrogens with two attached hydrogens (primary N) is 2. The molecule has 0 heterocycles. The Balaban J connectivity index is 2.62. The van der Waals surface area contributed by atoms with Crippen molar-refractivity contribution in [3.05, 3.63) is 42.0 Å². The van der Waals surface area contributed by atoms with E-state index >= 15 is 0 Å². The van der Waals surface area contributed by atoms with Gasteiger partial charge in [-0.15, -0.1) is 0 Å². The zero-order chi connectivity index (χ0) is 11.1. The van der Waals surface area contributed by atoms with E-state index in [-0.39, 0.29) is 5.54 Å². The van der Waals surface area contributed by atoms with Crippen molar-refractivity contribution in [1.29, 1.82) is 0 Å². The van der Waals surface area contributed by atoms with Gasteiger partial charge < -0.3 is 11.5 Å². The lowest BCUT2D eigenvalue weighted by Gasteiger charge is -2.19. The predicted molar refractivity (Wildman–Crippen MR) is 65.6 cm³/mol. The van der Waals surface area contributed by atoms with Crippen LogP contribution in [0, 0.1) is 0 Å². The number of anilines is 1. The van der Waals surface area contributed by atoms with Crippen molar-refractivity contribution in [3.8, 4) is 0 Å². The first-order valence-electron chi connectivity index (χ1n) is 5.05. The Morgan fingerprint density at radius 3 is 2.20 bits per heavy atom. The van der Waals surface area contributed by atoms with E-state index in [1.807, 2.05) is 32.0 Å². The van der Waals surface area contributed by atoms with Crippen LogP contribution in [0.25, 0.3) is 10.8 Å². The molecule has 0 atom stereocenters. The Bertz CT molecular complexity index is 495. The highest BCUT2D eigenvalue weighted by atomic mass is 14.7. The first kappa shape index (κ1) is 9.99. The van der Waals surface area contributed by atoms with E-state index in [4.69, 9.17) is 11.5 Å². The van der Waals surface area contributed by atoms with Crippen molar-refractivity contribution < 1.29 is 0 Å². The molecule has 4 N–H and O–H groups in total. The predicted octanol–water partition coefficient (Wildman–Crippen LogP) is 2.62. The Morgan fingerprint density at radius 2 is 1.53 bits per heavy atom. The van der Waals surface area contributed by atoms with E-state index in [1.54, 1.807) is 0 Å². The Hall–Kier alpha value is -1.54. The zero-order valence-corrected chi connectivity index (χ0v) is 9.12. The average molecular weight is 200 g/mol. The molecule has 2 nitrogen and oxygen atoms in total. The van der Waals surface area contributed by atoms with Crippen LogP contribution in [-0.2, 0) is 5.54 Å². The summed E-state index contributed by atoms with van der Waals surface area (Å²) in [5, 5.41) is 2.34. The normalized spacial score (nSPS) is 11.9. The lowest BCUT2D eigenvalue weighted by atomic mass is 9.93. The van der Waals surface area contributed by atoms with Crippen LogP contribution in [0.15, 0.2) is 36.4 Å². The van der Waals surface area contributed by atoms with Gasteiger partial charge in [0.05, 0.1) is 0 Å². The van der Waals surface area contributed by atoms with E-state index in [0.717, 1.165) is 16.6 Å². The maximum absolute atomic E-state index is 6.05. The minimum atomic E-state index is -0.296. The summed E-state index contributed by atoms with van der Waals surface area (Å²) < 4.78 is 0. The van der Waals surface area contributed by atoms with E-state index in [9.17, 15) is 0 Å². The van der Waals surface area contributed by atoms with Crippen LogP contribution >= 0.6 is 0 Å². The second-order valence-electron chi connectivity index (χ2n) is 4.54. The maximum atomic E-state index is 6.05. The molecule has 2 aromatic rings. The molecule has 0 unspecified atom stereocenters. The summed E-state index contributed by atoms with van der Waals surface area (Å²) in [6.45, 7) is 4.01. The van der Waals surface area contributed by atoms with Gasteiger partial charge in [-0.1, -0.05) is 18.2 Å². The largest absolute Gasteiger partial charge is 0.399 e. The molecule has 0 aliphatic carbocycles. The molecule has 0 bridgehead atoms. The molecular weight excluding hydrogens is 184 g/mol. The Labute approximate surface area is 89.9 Å². The highest BCUT2D eigenvalue weighted by molar-refractivity contribution is 5.86. The third-order valence-corrected chi connectivity index (χ3v) is 2.61. The second-order valence-corrected chi connectivity index (χ2v) is 4.54. The summed E-state index contributed by atoms with van der Waals surface area (Å²) >= 11 is 0. The van der Waals surface area contributed by atoms with Crippen LogP contribution in [0.2, 0.25) is 0 Å². The van der Waals surface area contributed by atoms with Crippen molar-refractivity contribution in [2.75, 3.05) is 5.73 Å². The molecule has 2 rings (SSSR count). The molecule has 2 heteroatoms. The molecule has 0 spiro atoms. The molecule has 78 valence electrons. The Kier molecular flexibility index (Phi) is 2.16. The summed E-state index contributed by atoms with van der Waals surface area (Å²) in [6, 6.07) is 12.2. The number of hydrogen-bond acceptors (Lipinski definition) is 2. The van der Waals surface area contributed by atoms with Crippen LogP contribution in [0.3, 0.4) is 0 Å². The summed E-state index contributed by atoms with van der Waals surface area (Å²) in [7, 11) is 0. The SMILES string of the molecule is CC(C)(N)c1ccc2cc(N)ccc2c1. The average Bonchev–Trinajstić information content (AvgIpc) is 2.15. The topological polar surface area (TPSA) is 52.0 Å². The van der Waals surface area contributed by atoms with Crippen molar-refractivity contribution in [2.24, 2.45) is 5.73 Å². The molecule has 0 saturated carbocycles. The molecule has 2 aromatic carbocycles. The number of nitrogen functional groups attached to an aromatic ring is 1. The number of rotatable bonds is 1. The van der Waals surface area contributed by atoms with E-state index in [0.29, 0.717) is 0 Å². The van der Waals surface area contributed by atoms with Gasteiger partial charge in [-0.2, -0.15) is 0 Å². The van der Waals surface area contributed by atoms with Gasteiger partial charge >= 0.3 is 0 Å². The van der Waals surface area contributed by atoms with Crippen LogP contribution in [0.1, 0.15) is 19.4 Å². The van der Waals surface area contributed by atoms with Gasteiger partial charge in [0.1, 0.15) is 0 Å². The minimum Gasteiger partial charge on any atom is -0.399 e. The second kappa shape index (κ2) is 3.24. The van der Waals surface area contributed by atoms with Crippen LogP contribution in [0.4, 0.5) is 5.69 Å². The molecule has 0 aliphatic rings. The maximum Gasteiger partial charge on any atom is 0.0352 e.